The second-order valence-electron chi connectivity index (χ2n) is 4.48. The van der Waals surface area contributed by atoms with Gasteiger partial charge >= 0.3 is 0 Å². The molecule has 1 heterocycles. The van der Waals surface area contributed by atoms with Crippen LogP contribution in [0.3, 0.4) is 0 Å². The lowest BCUT2D eigenvalue weighted by Crippen LogP contribution is -2.47. The summed E-state index contributed by atoms with van der Waals surface area (Å²) in [5, 5.41) is 3.50. The highest BCUT2D eigenvalue weighted by molar-refractivity contribution is 9.10. The smallest absolute Gasteiger partial charge is 0.0965 e. The van der Waals surface area contributed by atoms with E-state index in [1.165, 1.54) is 5.56 Å². The van der Waals surface area contributed by atoms with Crippen molar-refractivity contribution in [2.75, 3.05) is 26.4 Å². The van der Waals surface area contributed by atoms with E-state index in [2.05, 4.69) is 52.4 Å². The highest BCUT2D eigenvalue weighted by Gasteiger charge is 2.24. The van der Waals surface area contributed by atoms with E-state index in [9.17, 15) is 0 Å². The number of nitrogens with one attached hydrogen (secondary N) is 1. The molecule has 0 saturated carbocycles. The molecule has 0 spiro atoms. The van der Waals surface area contributed by atoms with Gasteiger partial charge in [0.25, 0.3) is 0 Å². The summed E-state index contributed by atoms with van der Waals surface area (Å²) in [5.41, 5.74) is 1.32. The van der Waals surface area contributed by atoms with E-state index in [1.807, 2.05) is 0 Å². The van der Waals surface area contributed by atoms with Gasteiger partial charge in [-0.15, -0.1) is 0 Å². The second kappa shape index (κ2) is 7.24. The molecule has 18 heavy (non-hydrogen) atoms. The monoisotopic (exact) mass is 313 g/mol. The molecule has 0 radical (unpaired) electrons. The van der Waals surface area contributed by atoms with Crippen molar-refractivity contribution in [3.8, 4) is 0 Å². The Morgan fingerprint density at radius 1 is 1.33 bits per heavy atom. The molecule has 4 heteroatoms. The third-order valence-electron chi connectivity index (χ3n) is 3.13. The van der Waals surface area contributed by atoms with Crippen LogP contribution in [0.4, 0.5) is 0 Å². The minimum Gasteiger partial charge on any atom is -0.376 e. The maximum absolute atomic E-state index is 5.79. The molecule has 2 rings (SSSR count). The van der Waals surface area contributed by atoms with Gasteiger partial charge in [-0.1, -0.05) is 35.0 Å². The summed E-state index contributed by atoms with van der Waals surface area (Å²) < 4.78 is 12.4. The Kier molecular flexibility index (Phi) is 5.63. The van der Waals surface area contributed by atoms with E-state index in [-0.39, 0.29) is 6.10 Å². The SMILES string of the molecule is CCNC(Cc1ccc(Br)cc1)C1COCCO1. The van der Waals surface area contributed by atoms with Crippen molar-refractivity contribution in [1.29, 1.82) is 0 Å². The molecule has 0 bridgehead atoms. The van der Waals surface area contributed by atoms with Crippen LogP contribution in [0.15, 0.2) is 28.7 Å². The Morgan fingerprint density at radius 3 is 2.72 bits per heavy atom. The number of likely N-dealkylation sites (N-methyl/N-ethyl adjacent to an activating group) is 1. The van der Waals surface area contributed by atoms with Crippen LogP contribution in [0.5, 0.6) is 0 Å². The highest BCUT2D eigenvalue weighted by Crippen LogP contribution is 2.15. The van der Waals surface area contributed by atoms with E-state index < -0.39 is 0 Å². The van der Waals surface area contributed by atoms with Crippen LogP contribution in [0.25, 0.3) is 0 Å². The van der Waals surface area contributed by atoms with Crippen LogP contribution in [-0.4, -0.2) is 38.5 Å². The number of hydrogen-bond acceptors (Lipinski definition) is 3. The predicted molar refractivity (Wildman–Crippen MR) is 75.9 cm³/mol. The fourth-order valence-corrected chi connectivity index (χ4v) is 2.47. The van der Waals surface area contributed by atoms with E-state index in [4.69, 9.17) is 9.47 Å². The maximum atomic E-state index is 5.79. The Bertz CT molecular complexity index is 349. The van der Waals surface area contributed by atoms with E-state index in [0.717, 1.165) is 17.4 Å². The quantitative estimate of drug-likeness (QED) is 0.905. The van der Waals surface area contributed by atoms with Crippen LogP contribution in [-0.2, 0) is 15.9 Å². The first-order valence-electron chi connectivity index (χ1n) is 6.46. The van der Waals surface area contributed by atoms with Crippen molar-refractivity contribution in [3.63, 3.8) is 0 Å². The van der Waals surface area contributed by atoms with E-state index in [1.54, 1.807) is 0 Å². The summed E-state index contributed by atoms with van der Waals surface area (Å²) in [6, 6.07) is 8.78. The highest BCUT2D eigenvalue weighted by atomic mass is 79.9. The van der Waals surface area contributed by atoms with Crippen molar-refractivity contribution in [3.05, 3.63) is 34.3 Å². The van der Waals surface area contributed by atoms with Gasteiger partial charge in [0.15, 0.2) is 0 Å². The van der Waals surface area contributed by atoms with Gasteiger partial charge in [0, 0.05) is 10.5 Å². The second-order valence-corrected chi connectivity index (χ2v) is 5.39. The lowest BCUT2D eigenvalue weighted by molar-refractivity contribution is -0.101. The first kappa shape index (κ1) is 14.0. The number of hydrogen-bond donors (Lipinski definition) is 1. The molecule has 3 nitrogen and oxygen atoms in total. The first-order valence-corrected chi connectivity index (χ1v) is 7.26. The number of rotatable bonds is 5. The van der Waals surface area contributed by atoms with Crippen LogP contribution >= 0.6 is 15.9 Å². The summed E-state index contributed by atoms with van der Waals surface area (Å²) >= 11 is 3.46. The summed E-state index contributed by atoms with van der Waals surface area (Å²) in [7, 11) is 0. The molecule has 1 fully saturated rings. The fraction of sp³-hybridized carbons (Fsp3) is 0.571. The van der Waals surface area contributed by atoms with Crippen LogP contribution in [0.2, 0.25) is 0 Å². The topological polar surface area (TPSA) is 30.5 Å². The average Bonchev–Trinajstić information content (AvgIpc) is 2.42. The van der Waals surface area contributed by atoms with Crippen molar-refractivity contribution in [2.45, 2.75) is 25.5 Å². The molecule has 0 aromatic heterocycles. The molecule has 1 N–H and O–H groups in total. The Balaban J connectivity index is 1.98. The standard InChI is InChI=1S/C14H20BrNO2/c1-2-16-13(14-10-17-7-8-18-14)9-11-3-5-12(15)6-4-11/h3-6,13-14,16H,2,7-10H2,1H3. The molecule has 100 valence electrons. The summed E-state index contributed by atoms with van der Waals surface area (Å²) in [5.74, 6) is 0. The molecular weight excluding hydrogens is 294 g/mol. The van der Waals surface area contributed by atoms with Crippen molar-refractivity contribution in [2.24, 2.45) is 0 Å². The lowest BCUT2D eigenvalue weighted by Gasteiger charge is -2.31. The average molecular weight is 314 g/mol. The van der Waals surface area contributed by atoms with E-state index >= 15 is 0 Å². The van der Waals surface area contributed by atoms with Gasteiger partial charge < -0.3 is 14.8 Å². The predicted octanol–water partition coefficient (Wildman–Crippen LogP) is 2.39. The largest absolute Gasteiger partial charge is 0.376 e. The minimum absolute atomic E-state index is 0.155. The Labute approximate surface area is 117 Å². The molecule has 1 saturated heterocycles. The summed E-state index contributed by atoms with van der Waals surface area (Å²) in [6.07, 6.45) is 1.12. The third kappa shape index (κ3) is 4.05. The molecule has 0 amide bonds. The van der Waals surface area contributed by atoms with Crippen LogP contribution in [0.1, 0.15) is 12.5 Å². The molecule has 0 aliphatic carbocycles. The van der Waals surface area contributed by atoms with Gasteiger partial charge in [-0.25, -0.2) is 0 Å². The van der Waals surface area contributed by atoms with Gasteiger partial charge in [0.2, 0.25) is 0 Å². The number of ether oxygens (including phenoxy) is 2. The third-order valence-corrected chi connectivity index (χ3v) is 3.65. The van der Waals surface area contributed by atoms with Crippen molar-refractivity contribution in [1.82, 2.24) is 5.32 Å². The molecule has 1 aromatic rings. The zero-order chi connectivity index (χ0) is 12.8. The minimum atomic E-state index is 0.155. The lowest BCUT2D eigenvalue weighted by atomic mass is 10.0. The molecule has 1 aromatic carbocycles. The zero-order valence-corrected chi connectivity index (χ0v) is 12.3. The molecule has 1 aliphatic rings. The normalized spacial score (nSPS) is 21.8. The van der Waals surface area contributed by atoms with Crippen LogP contribution < -0.4 is 5.32 Å². The molecule has 1 aliphatic heterocycles. The molecular formula is C14H20BrNO2. The summed E-state index contributed by atoms with van der Waals surface area (Å²) in [4.78, 5) is 0. The number of halogens is 1. The Hall–Kier alpha value is -0.420. The van der Waals surface area contributed by atoms with Gasteiger partial charge in [-0.05, 0) is 30.7 Å². The molecule has 2 atom stereocenters. The van der Waals surface area contributed by atoms with Crippen molar-refractivity contribution >= 4 is 15.9 Å². The zero-order valence-electron chi connectivity index (χ0n) is 10.7. The fourth-order valence-electron chi connectivity index (χ4n) is 2.21. The van der Waals surface area contributed by atoms with Gasteiger partial charge in [-0.3, -0.25) is 0 Å². The maximum Gasteiger partial charge on any atom is 0.0965 e. The van der Waals surface area contributed by atoms with Crippen molar-refractivity contribution < 1.29 is 9.47 Å². The van der Waals surface area contributed by atoms with Crippen LogP contribution in [0, 0.1) is 0 Å². The Morgan fingerprint density at radius 2 is 2.11 bits per heavy atom. The van der Waals surface area contributed by atoms with Gasteiger partial charge in [-0.2, -0.15) is 0 Å². The van der Waals surface area contributed by atoms with Gasteiger partial charge in [0.05, 0.1) is 25.9 Å². The van der Waals surface area contributed by atoms with E-state index in [0.29, 0.717) is 25.9 Å². The number of benzene rings is 1. The summed E-state index contributed by atoms with van der Waals surface area (Å²) in [6.45, 7) is 5.17. The van der Waals surface area contributed by atoms with Gasteiger partial charge in [0.1, 0.15) is 0 Å². The first-order chi connectivity index (χ1) is 8.79. The molecule has 2 unspecified atom stereocenters.